The number of nitrogens with zero attached hydrogens (tertiary/aromatic N) is 2. The van der Waals surface area contributed by atoms with Gasteiger partial charge in [0.15, 0.2) is 0 Å². The lowest BCUT2D eigenvalue weighted by atomic mass is 10.1. The molecule has 2 heterocycles. The monoisotopic (exact) mass is 366 g/mol. The summed E-state index contributed by atoms with van der Waals surface area (Å²) in [5.41, 5.74) is 2.32. The van der Waals surface area contributed by atoms with Crippen molar-refractivity contribution < 1.29 is 14.2 Å². The summed E-state index contributed by atoms with van der Waals surface area (Å²) in [5.74, 6) is 0.695. The molecular weight excluding hydrogens is 343 g/mol. The van der Waals surface area contributed by atoms with Gasteiger partial charge in [0.05, 0.1) is 0 Å². The molecule has 0 aliphatic carbocycles. The van der Waals surface area contributed by atoms with E-state index < -0.39 is 0 Å². The number of hydrogen-bond acceptors (Lipinski definition) is 4. The predicted molar refractivity (Wildman–Crippen MR) is 103 cm³/mol. The molecule has 0 atom stereocenters. The zero-order valence-corrected chi connectivity index (χ0v) is 15.4. The van der Waals surface area contributed by atoms with Crippen molar-refractivity contribution in [2.24, 2.45) is 0 Å². The van der Waals surface area contributed by atoms with Gasteiger partial charge in [-0.25, -0.2) is 9.37 Å². The molecule has 2 aromatic carbocycles. The summed E-state index contributed by atoms with van der Waals surface area (Å²) in [7, 11) is 0. The number of piperidine rings is 1. The van der Waals surface area contributed by atoms with Crippen LogP contribution in [-0.4, -0.2) is 34.2 Å². The molecule has 1 saturated heterocycles. The second kappa shape index (κ2) is 7.53. The SMILES string of the molecule is Cc1cc(OC2CCN(Cc3ccc(O)cc3)CC2)c2cccc(F)c2n1. The van der Waals surface area contributed by atoms with Crippen molar-refractivity contribution in [2.45, 2.75) is 32.4 Å². The van der Waals surface area contributed by atoms with Crippen LogP contribution in [0.3, 0.4) is 0 Å². The van der Waals surface area contributed by atoms with Crippen LogP contribution in [0.5, 0.6) is 11.5 Å². The molecule has 27 heavy (non-hydrogen) atoms. The first kappa shape index (κ1) is 17.7. The van der Waals surface area contributed by atoms with Gasteiger partial charge in [-0.3, -0.25) is 4.90 Å². The number of phenolic OH excluding ortho intramolecular Hbond substituents is 1. The van der Waals surface area contributed by atoms with Gasteiger partial charge < -0.3 is 9.84 Å². The number of para-hydroxylation sites is 1. The number of likely N-dealkylation sites (tertiary alicyclic amines) is 1. The minimum atomic E-state index is -0.315. The van der Waals surface area contributed by atoms with Crippen molar-refractivity contribution in [3.8, 4) is 11.5 Å². The van der Waals surface area contributed by atoms with E-state index in [1.54, 1.807) is 18.2 Å². The quantitative estimate of drug-likeness (QED) is 0.742. The molecule has 0 bridgehead atoms. The van der Waals surface area contributed by atoms with Crippen LogP contribution < -0.4 is 4.74 Å². The lowest BCUT2D eigenvalue weighted by Crippen LogP contribution is -2.37. The van der Waals surface area contributed by atoms with E-state index in [0.717, 1.165) is 43.6 Å². The van der Waals surface area contributed by atoms with Crippen LogP contribution in [0.2, 0.25) is 0 Å². The summed E-state index contributed by atoms with van der Waals surface area (Å²) in [6.45, 7) is 4.62. The second-order valence-electron chi connectivity index (χ2n) is 7.16. The van der Waals surface area contributed by atoms with Crippen LogP contribution >= 0.6 is 0 Å². The minimum Gasteiger partial charge on any atom is -0.508 e. The van der Waals surface area contributed by atoms with Gasteiger partial charge in [0.2, 0.25) is 0 Å². The van der Waals surface area contributed by atoms with Crippen molar-refractivity contribution in [3.05, 3.63) is 65.6 Å². The maximum Gasteiger partial charge on any atom is 0.149 e. The number of pyridine rings is 1. The lowest BCUT2D eigenvalue weighted by Gasteiger charge is -2.32. The van der Waals surface area contributed by atoms with Gasteiger partial charge in [0.1, 0.15) is 28.9 Å². The van der Waals surface area contributed by atoms with E-state index in [0.29, 0.717) is 17.0 Å². The molecule has 4 rings (SSSR count). The molecule has 1 fully saturated rings. The Morgan fingerprint density at radius 1 is 1.15 bits per heavy atom. The largest absolute Gasteiger partial charge is 0.508 e. The second-order valence-corrected chi connectivity index (χ2v) is 7.16. The van der Waals surface area contributed by atoms with Crippen LogP contribution in [0.15, 0.2) is 48.5 Å². The summed E-state index contributed by atoms with van der Waals surface area (Å²) >= 11 is 0. The van der Waals surface area contributed by atoms with Gasteiger partial charge in [0.25, 0.3) is 0 Å². The number of ether oxygens (including phenoxy) is 1. The summed E-state index contributed by atoms with van der Waals surface area (Å²) in [4.78, 5) is 6.70. The Morgan fingerprint density at radius 2 is 1.89 bits per heavy atom. The molecule has 1 aromatic heterocycles. The number of aryl methyl sites for hydroxylation is 1. The standard InChI is InChI=1S/C22H23FN2O2/c1-15-13-21(19-3-2-4-20(23)22(19)24-15)27-18-9-11-25(12-10-18)14-16-5-7-17(26)8-6-16/h2-8,13,18,26H,9-12,14H2,1H3. The number of halogens is 1. The molecule has 0 amide bonds. The molecule has 0 radical (unpaired) electrons. The Bertz CT molecular complexity index is 935. The highest BCUT2D eigenvalue weighted by molar-refractivity contribution is 5.85. The van der Waals surface area contributed by atoms with E-state index in [4.69, 9.17) is 4.74 Å². The van der Waals surface area contributed by atoms with E-state index in [1.807, 2.05) is 31.2 Å². The zero-order valence-electron chi connectivity index (χ0n) is 15.4. The zero-order chi connectivity index (χ0) is 18.8. The maximum absolute atomic E-state index is 14.1. The average molecular weight is 366 g/mol. The molecule has 3 aromatic rings. The molecule has 5 heteroatoms. The molecule has 140 valence electrons. The van der Waals surface area contributed by atoms with Crippen molar-refractivity contribution in [1.29, 1.82) is 0 Å². The highest BCUT2D eigenvalue weighted by atomic mass is 19.1. The van der Waals surface area contributed by atoms with Gasteiger partial charge >= 0.3 is 0 Å². The van der Waals surface area contributed by atoms with E-state index in [9.17, 15) is 9.50 Å². The molecular formula is C22H23FN2O2. The van der Waals surface area contributed by atoms with Crippen molar-refractivity contribution in [3.63, 3.8) is 0 Å². The normalized spacial score (nSPS) is 15.9. The van der Waals surface area contributed by atoms with Crippen molar-refractivity contribution in [1.82, 2.24) is 9.88 Å². The Morgan fingerprint density at radius 3 is 2.63 bits per heavy atom. The van der Waals surface area contributed by atoms with Gasteiger partial charge in [-0.15, -0.1) is 0 Å². The molecule has 1 aliphatic rings. The first-order chi connectivity index (χ1) is 13.1. The van der Waals surface area contributed by atoms with Crippen LogP contribution in [0.25, 0.3) is 10.9 Å². The van der Waals surface area contributed by atoms with Gasteiger partial charge in [0, 0.05) is 36.8 Å². The minimum absolute atomic E-state index is 0.120. The van der Waals surface area contributed by atoms with E-state index in [-0.39, 0.29) is 11.9 Å². The molecule has 1 aliphatic heterocycles. The third-order valence-corrected chi connectivity index (χ3v) is 5.05. The fourth-order valence-electron chi connectivity index (χ4n) is 3.63. The molecule has 0 saturated carbocycles. The number of phenols is 1. The van der Waals surface area contributed by atoms with Crippen molar-refractivity contribution in [2.75, 3.05) is 13.1 Å². The van der Waals surface area contributed by atoms with Crippen LogP contribution in [0, 0.1) is 12.7 Å². The van der Waals surface area contributed by atoms with Gasteiger partial charge in [-0.05, 0) is 49.6 Å². The number of hydrogen-bond donors (Lipinski definition) is 1. The first-order valence-electron chi connectivity index (χ1n) is 9.31. The molecule has 0 unspecified atom stereocenters. The average Bonchev–Trinajstić information content (AvgIpc) is 2.66. The third-order valence-electron chi connectivity index (χ3n) is 5.05. The number of fused-ring (bicyclic) bond motifs is 1. The Hall–Kier alpha value is -2.66. The Balaban J connectivity index is 1.41. The lowest BCUT2D eigenvalue weighted by molar-refractivity contribution is 0.0979. The molecule has 0 spiro atoms. The predicted octanol–water partition coefficient (Wildman–Crippen LogP) is 4.43. The van der Waals surface area contributed by atoms with Crippen LogP contribution in [0.4, 0.5) is 4.39 Å². The van der Waals surface area contributed by atoms with Crippen molar-refractivity contribution >= 4 is 10.9 Å². The maximum atomic E-state index is 14.1. The summed E-state index contributed by atoms with van der Waals surface area (Å²) in [6.07, 6.45) is 1.97. The molecule has 4 nitrogen and oxygen atoms in total. The van der Waals surface area contributed by atoms with E-state index in [2.05, 4.69) is 9.88 Å². The van der Waals surface area contributed by atoms with E-state index >= 15 is 0 Å². The van der Waals surface area contributed by atoms with Crippen LogP contribution in [-0.2, 0) is 6.54 Å². The summed E-state index contributed by atoms with van der Waals surface area (Å²) in [6, 6.07) is 14.2. The van der Waals surface area contributed by atoms with Gasteiger partial charge in [-0.2, -0.15) is 0 Å². The smallest absolute Gasteiger partial charge is 0.149 e. The third kappa shape index (κ3) is 4.03. The summed E-state index contributed by atoms with van der Waals surface area (Å²) < 4.78 is 20.3. The fraction of sp³-hybridized carbons (Fsp3) is 0.318. The highest BCUT2D eigenvalue weighted by Gasteiger charge is 2.22. The Kier molecular flexibility index (Phi) is 4.94. The van der Waals surface area contributed by atoms with Gasteiger partial charge in [-0.1, -0.05) is 18.2 Å². The first-order valence-corrected chi connectivity index (χ1v) is 9.31. The van der Waals surface area contributed by atoms with Crippen LogP contribution in [0.1, 0.15) is 24.1 Å². The Labute approximate surface area is 158 Å². The molecule has 1 N–H and O–H groups in total. The number of aromatic nitrogens is 1. The highest BCUT2D eigenvalue weighted by Crippen LogP contribution is 2.29. The fourth-order valence-corrected chi connectivity index (χ4v) is 3.63. The summed E-state index contributed by atoms with van der Waals surface area (Å²) in [5, 5.41) is 10.1. The van der Waals surface area contributed by atoms with E-state index in [1.165, 1.54) is 11.6 Å². The number of rotatable bonds is 4. The number of benzene rings is 2. The number of aromatic hydroxyl groups is 1. The topological polar surface area (TPSA) is 45.6 Å².